The largest absolute Gasteiger partial charge is 0.394 e. The second kappa shape index (κ2) is 6.33. The summed E-state index contributed by atoms with van der Waals surface area (Å²) < 4.78 is 0. The molecule has 0 radical (unpaired) electrons. The zero-order valence-corrected chi connectivity index (χ0v) is 12.0. The highest BCUT2D eigenvalue weighted by molar-refractivity contribution is 4.88. The standard InChI is InChI=1S/C14H29N3O/c1-14(12-18,15-2)6-3-7-16-8-10-17(11-9-16)13-4-5-13/h13,15,18H,3-12H2,1-2H3. The fraction of sp³-hybridized carbons (Fsp3) is 1.00. The van der Waals surface area contributed by atoms with Gasteiger partial charge in [-0.05, 0) is 46.2 Å². The van der Waals surface area contributed by atoms with Gasteiger partial charge in [0.1, 0.15) is 0 Å². The van der Waals surface area contributed by atoms with Crippen molar-refractivity contribution in [1.82, 2.24) is 15.1 Å². The molecule has 0 aromatic rings. The summed E-state index contributed by atoms with van der Waals surface area (Å²) in [6.07, 6.45) is 5.07. The molecule has 0 amide bonds. The molecule has 1 unspecified atom stereocenters. The van der Waals surface area contributed by atoms with Crippen molar-refractivity contribution >= 4 is 0 Å². The van der Waals surface area contributed by atoms with Gasteiger partial charge in [-0.2, -0.15) is 0 Å². The van der Waals surface area contributed by atoms with Crippen LogP contribution in [-0.4, -0.2) is 72.9 Å². The van der Waals surface area contributed by atoms with Gasteiger partial charge in [-0.15, -0.1) is 0 Å². The van der Waals surface area contributed by atoms with Crippen LogP contribution in [0.5, 0.6) is 0 Å². The summed E-state index contributed by atoms with van der Waals surface area (Å²) in [5.41, 5.74) is -0.101. The van der Waals surface area contributed by atoms with E-state index in [1.807, 2.05) is 7.05 Å². The van der Waals surface area contributed by atoms with E-state index in [0.29, 0.717) is 0 Å². The number of aliphatic hydroxyl groups excluding tert-OH is 1. The molecule has 2 aliphatic rings. The molecule has 4 heteroatoms. The average Bonchev–Trinajstić information content (AvgIpc) is 3.24. The molecule has 1 atom stereocenters. The van der Waals surface area contributed by atoms with E-state index in [2.05, 4.69) is 22.0 Å². The first-order chi connectivity index (χ1) is 8.67. The lowest BCUT2D eigenvalue weighted by Crippen LogP contribution is -2.48. The second-order valence-corrected chi connectivity index (χ2v) is 6.18. The summed E-state index contributed by atoms with van der Waals surface area (Å²) in [5.74, 6) is 0. The summed E-state index contributed by atoms with van der Waals surface area (Å²) in [6, 6.07) is 0.925. The predicted molar refractivity (Wildman–Crippen MR) is 74.8 cm³/mol. The van der Waals surface area contributed by atoms with E-state index in [9.17, 15) is 5.11 Å². The Labute approximate surface area is 111 Å². The van der Waals surface area contributed by atoms with Crippen LogP contribution in [0, 0.1) is 0 Å². The lowest BCUT2D eigenvalue weighted by molar-refractivity contribution is 0.117. The minimum Gasteiger partial charge on any atom is -0.394 e. The first-order valence-corrected chi connectivity index (χ1v) is 7.43. The molecule has 2 N–H and O–H groups in total. The Hall–Kier alpha value is -0.160. The van der Waals surface area contributed by atoms with Gasteiger partial charge >= 0.3 is 0 Å². The van der Waals surface area contributed by atoms with Gasteiger partial charge in [-0.25, -0.2) is 0 Å². The van der Waals surface area contributed by atoms with Crippen molar-refractivity contribution in [2.45, 2.75) is 44.2 Å². The first kappa shape index (κ1) is 14.3. The SMILES string of the molecule is CNC(C)(CO)CCCN1CCN(C2CC2)CC1. The van der Waals surface area contributed by atoms with E-state index in [-0.39, 0.29) is 12.1 Å². The van der Waals surface area contributed by atoms with Crippen LogP contribution in [0.4, 0.5) is 0 Å². The average molecular weight is 255 g/mol. The van der Waals surface area contributed by atoms with Crippen molar-refractivity contribution in [3.8, 4) is 0 Å². The number of nitrogens with zero attached hydrogens (tertiary/aromatic N) is 2. The Morgan fingerprint density at radius 2 is 1.89 bits per heavy atom. The van der Waals surface area contributed by atoms with Gasteiger partial charge in [0, 0.05) is 37.8 Å². The lowest BCUT2D eigenvalue weighted by Gasteiger charge is -2.35. The number of nitrogens with one attached hydrogen (secondary N) is 1. The van der Waals surface area contributed by atoms with Crippen LogP contribution in [-0.2, 0) is 0 Å². The summed E-state index contributed by atoms with van der Waals surface area (Å²) in [7, 11) is 1.94. The predicted octanol–water partition coefficient (Wildman–Crippen LogP) is 0.517. The van der Waals surface area contributed by atoms with Crippen molar-refractivity contribution < 1.29 is 5.11 Å². The molecule has 1 aliphatic carbocycles. The van der Waals surface area contributed by atoms with Gasteiger partial charge in [-0.3, -0.25) is 4.90 Å². The van der Waals surface area contributed by atoms with Gasteiger partial charge in [0.2, 0.25) is 0 Å². The smallest absolute Gasteiger partial charge is 0.0610 e. The number of piperazine rings is 1. The third-order valence-electron chi connectivity index (χ3n) is 4.63. The number of aliphatic hydroxyl groups is 1. The second-order valence-electron chi connectivity index (χ2n) is 6.18. The zero-order chi connectivity index (χ0) is 13.0. The van der Waals surface area contributed by atoms with E-state index in [1.165, 1.54) is 52.0 Å². The van der Waals surface area contributed by atoms with Gasteiger partial charge in [0.15, 0.2) is 0 Å². The molecule has 1 aliphatic heterocycles. The Balaban J connectivity index is 1.60. The molecule has 18 heavy (non-hydrogen) atoms. The molecule has 1 heterocycles. The fourth-order valence-electron chi connectivity index (χ4n) is 2.77. The van der Waals surface area contributed by atoms with Gasteiger partial charge in [0.05, 0.1) is 6.61 Å². The Bertz CT molecular complexity index is 243. The number of hydrogen-bond donors (Lipinski definition) is 2. The monoisotopic (exact) mass is 255 g/mol. The van der Waals surface area contributed by atoms with E-state index >= 15 is 0 Å². The third-order valence-corrected chi connectivity index (χ3v) is 4.63. The Morgan fingerprint density at radius 1 is 1.22 bits per heavy atom. The molecule has 0 aromatic carbocycles. The minimum absolute atomic E-state index is 0.101. The summed E-state index contributed by atoms with van der Waals surface area (Å²) in [5, 5.41) is 12.6. The van der Waals surface area contributed by atoms with Crippen LogP contribution < -0.4 is 5.32 Å². The molecule has 2 fully saturated rings. The van der Waals surface area contributed by atoms with Crippen molar-refractivity contribution in [3.63, 3.8) is 0 Å². The third kappa shape index (κ3) is 3.92. The van der Waals surface area contributed by atoms with Gasteiger partial charge in [-0.1, -0.05) is 0 Å². The van der Waals surface area contributed by atoms with Crippen LogP contribution in [0.3, 0.4) is 0 Å². The Kier molecular flexibility index (Phi) is 5.01. The highest BCUT2D eigenvalue weighted by atomic mass is 16.3. The number of likely N-dealkylation sites (N-methyl/N-ethyl adjacent to an activating group) is 1. The van der Waals surface area contributed by atoms with Crippen LogP contribution in [0.15, 0.2) is 0 Å². The minimum atomic E-state index is -0.101. The van der Waals surface area contributed by atoms with E-state index in [4.69, 9.17) is 0 Å². The molecule has 2 rings (SSSR count). The topological polar surface area (TPSA) is 38.7 Å². The maximum absolute atomic E-state index is 9.34. The summed E-state index contributed by atoms with van der Waals surface area (Å²) in [6.45, 7) is 8.46. The molecule has 4 nitrogen and oxygen atoms in total. The number of hydrogen-bond acceptors (Lipinski definition) is 4. The van der Waals surface area contributed by atoms with E-state index in [0.717, 1.165) is 12.5 Å². The number of rotatable bonds is 7. The highest BCUT2D eigenvalue weighted by Crippen LogP contribution is 2.27. The maximum Gasteiger partial charge on any atom is 0.0610 e. The lowest BCUT2D eigenvalue weighted by atomic mass is 9.97. The molecule has 0 spiro atoms. The highest BCUT2D eigenvalue weighted by Gasteiger charge is 2.31. The van der Waals surface area contributed by atoms with E-state index < -0.39 is 0 Å². The summed E-state index contributed by atoms with van der Waals surface area (Å²) in [4.78, 5) is 5.23. The van der Waals surface area contributed by atoms with Crippen molar-refractivity contribution in [2.75, 3.05) is 46.4 Å². The molecular formula is C14H29N3O. The fourth-order valence-corrected chi connectivity index (χ4v) is 2.77. The molecule has 106 valence electrons. The van der Waals surface area contributed by atoms with Crippen LogP contribution >= 0.6 is 0 Å². The molecule has 0 bridgehead atoms. The van der Waals surface area contributed by atoms with Crippen molar-refractivity contribution in [3.05, 3.63) is 0 Å². The van der Waals surface area contributed by atoms with Crippen molar-refractivity contribution in [1.29, 1.82) is 0 Å². The van der Waals surface area contributed by atoms with E-state index in [1.54, 1.807) is 0 Å². The van der Waals surface area contributed by atoms with Gasteiger partial charge in [0.25, 0.3) is 0 Å². The molecule has 0 aromatic heterocycles. The van der Waals surface area contributed by atoms with Crippen molar-refractivity contribution in [2.24, 2.45) is 0 Å². The van der Waals surface area contributed by atoms with Crippen LogP contribution in [0.1, 0.15) is 32.6 Å². The maximum atomic E-state index is 9.34. The first-order valence-electron chi connectivity index (χ1n) is 7.43. The zero-order valence-electron chi connectivity index (χ0n) is 12.0. The molecular weight excluding hydrogens is 226 g/mol. The van der Waals surface area contributed by atoms with Crippen LogP contribution in [0.2, 0.25) is 0 Å². The molecule has 1 saturated carbocycles. The van der Waals surface area contributed by atoms with Crippen LogP contribution in [0.25, 0.3) is 0 Å². The van der Waals surface area contributed by atoms with Gasteiger partial charge < -0.3 is 15.3 Å². The Morgan fingerprint density at radius 3 is 2.39 bits per heavy atom. The quantitative estimate of drug-likeness (QED) is 0.695. The normalized spacial score (nSPS) is 26.2. The summed E-state index contributed by atoms with van der Waals surface area (Å²) >= 11 is 0. The molecule has 1 saturated heterocycles.